The minimum Gasteiger partial charge on any atom is -0.466 e. The number of carbonyl (C=O) groups is 1. The lowest BCUT2D eigenvalue weighted by molar-refractivity contribution is -0.134. The van der Waals surface area contributed by atoms with E-state index in [-0.39, 0.29) is 12.2 Å². The fourth-order valence-electron chi connectivity index (χ4n) is 3.82. The Morgan fingerprint density at radius 1 is 1.19 bits per heavy atom. The zero-order valence-electron chi connectivity index (χ0n) is 17.1. The van der Waals surface area contributed by atoms with Crippen LogP contribution in [0.1, 0.15) is 31.1 Å². The predicted octanol–water partition coefficient (Wildman–Crippen LogP) is 5.93. The summed E-state index contributed by atoms with van der Waals surface area (Å²) in [5.74, 6) is 1.18. The predicted molar refractivity (Wildman–Crippen MR) is 122 cm³/mol. The number of benzene rings is 2. The molecule has 5 rings (SSSR count). The Balaban J connectivity index is 1.40. The first-order valence-electron chi connectivity index (χ1n) is 10.3. The van der Waals surface area contributed by atoms with Crippen LogP contribution in [0.25, 0.3) is 27.1 Å². The first-order chi connectivity index (χ1) is 15.2. The molecule has 1 fully saturated rings. The topological polar surface area (TPSA) is 62.6 Å². The number of fused-ring (bicyclic) bond motifs is 3. The summed E-state index contributed by atoms with van der Waals surface area (Å²) in [6.45, 7) is 0.794. The summed E-state index contributed by atoms with van der Waals surface area (Å²) >= 11 is 1.66. The Hall–Kier alpha value is -3.16. The van der Waals surface area contributed by atoms with Crippen LogP contribution in [0.3, 0.4) is 0 Å². The van der Waals surface area contributed by atoms with Gasteiger partial charge in [0.05, 0.1) is 18.8 Å². The Morgan fingerprint density at radius 2 is 2.06 bits per heavy atom. The van der Waals surface area contributed by atoms with Crippen LogP contribution in [0, 0.1) is 0 Å². The summed E-state index contributed by atoms with van der Waals surface area (Å²) in [4.78, 5) is 11.2. The average molecular weight is 435 g/mol. The van der Waals surface area contributed by atoms with Crippen LogP contribution in [-0.2, 0) is 14.3 Å². The first-order valence-corrected chi connectivity index (χ1v) is 11.1. The molecule has 0 N–H and O–H groups in total. The van der Waals surface area contributed by atoms with Crippen molar-refractivity contribution in [2.45, 2.75) is 25.5 Å². The van der Waals surface area contributed by atoms with Crippen LogP contribution in [-0.4, -0.2) is 29.5 Å². The van der Waals surface area contributed by atoms with Crippen molar-refractivity contribution in [1.29, 1.82) is 0 Å². The van der Waals surface area contributed by atoms with Gasteiger partial charge in [-0.05, 0) is 55.2 Å². The second-order valence-electron chi connectivity index (χ2n) is 7.41. The Morgan fingerprint density at radius 3 is 2.84 bits per heavy atom. The van der Waals surface area contributed by atoms with Crippen molar-refractivity contribution < 1.29 is 19.0 Å². The molecule has 158 valence electrons. The van der Waals surface area contributed by atoms with E-state index in [1.807, 2.05) is 40.5 Å². The highest BCUT2D eigenvalue weighted by molar-refractivity contribution is 7.18. The fraction of sp³-hybridized carbons (Fsp3) is 0.250. The van der Waals surface area contributed by atoms with Crippen molar-refractivity contribution in [1.82, 2.24) is 9.78 Å². The van der Waals surface area contributed by atoms with Gasteiger partial charge in [-0.2, -0.15) is 5.10 Å². The molecule has 1 aliphatic heterocycles. The normalized spacial score (nSPS) is 16.9. The number of hydrogen-bond donors (Lipinski definition) is 0. The molecule has 0 aliphatic carbocycles. The number of carbonyl (C=O) groups excluding carboxylic acids is 1. The maximum absolute atomic E-state index is 11.2. The summed E-state index contributed by atoms with van der Waals surface area (Å²) in [5.41, 5.74) is 1.99. The zero-order chi connectivity index (χ0) is 21.2. The lowest BCUT2D eigenvalue weighted by atomic mass is 10.1. The highest BCUT2D eigenvalue weighted by atomic mass is 32.1. The number of nitrogens with zero attached hydrogens (tertiary/aromatic N) is 2. The van der Waals surface area contributed by atoms with Crippen LogP contribution < -0.4 is 4.74 Å². The molecule has 1 unspecified atom stereocenters. The molecule has 4 aromatic rings. The van der Waals surface area contributed by atoms with Gasteiger partial charge in [-0.1, -0.05) is 12.1 Å². The molecule has 0 radical (unpaired) electrons. The SMILES string of the molecule is COC(=O)/C=C/c1ccc(Oc2csc3c2ccc2c3cnn2C2CCCCO2)cc1. The second-order valence-corrected chi connectivity index (χ2v) is 8.29. The molecule has 2 aromatic carbocycles. The molecule has 1 atom stereocenters. The summed E-state index contributed by atoms with van der Waals surface area (Å²) in [7, 11) is 1.36. The molecule has 2 aromatic heterocycles. The van der Waals surface area contributed by atoms with Crippen LogP contribution in [0.4, 0.5) is 0 Å². The highest BCUT2D eigenvalue weighted by Gasteiger charge is 2.20. The average Bonchev–Trinajstić information content (AvgIpc) is 3.43. The molecule has 1 aliphatic rings. The van der Waals surface area contributed by atoms with Crippen molar-refractivity contribution in [3.8, 4) is 11.5 Å². The standard InChI is InChI=1S/C24H22N2O4S/c1-28-23(27)12-7-16-5-8-17(9-6-16)30-21-15-31-24-18(21)10-11-20-19(24)14-25-26(20)22-4-2-3-13-29-22/h5-12,14-15,22H,2-4,13H2,1H3/b12-7+. The fourth-order valence-corrected chi connectivity index (χ4v) is 4.80. The van der Waals surface area contributed by atoms with Crippen molar-refractivity contribution >= 4 is 44.4 Å². The number of methoxy groups -OCH3 is 1. The quantitative estimate of drug-likeness (QED) is 0.288. The van der Waals surface area contributed by atoms with Gasteiger partial charge in [0.1, 0.15) is 11.5 Å². The van der Waals surface area contributed by atoms with E-state index in [4.69, 9.17) is 9.47 Å². The molecule has 7 heteroatoms. The van der Waals surface area contributed by atoms with Gasteiger partial charge in [-0.25, -0.2) is 9.48 Å². The van der Waals surface area contributed by atoms with E-state index >= 15 is 0 Å². The third-order valence-electron chi connectivity index (χ3n) is 5.43. The Kier molecular flexibility index (Phi) is 5.44. The molecule has 0 bridgehead atoms. The number of thiophene rings is 1. The lowest BCUT2D eigenvalue weighted by Crippen LogP contribution is -2.18. The molecule has 0 spiro atoms. The van der Waals surface area contributed by atoms with Crippen molar-refractivity contribution in [2.24, 2.45) is 0 Å². The maximum atomic E-state index is 11.2. The Bertz CT molecular complexity index is 1250. The van der Waals surface area contributed by atoms with E-state index in [0.29, 0.717) is 0 Å². The number of esters is 1. The van der Waals surface area contributed by atoms with Gasteiger partial charge >= 0.3 is 5.97 Å². The molecule has 1 saturated heterocycles. The number of rotatable bonds is 5. The van der Waals surface area contributed by atoms with Gasteiger partial charge in [0.15, 0.2) is 6.23 Å². The third-order valence-corrected chi connectivity index (χ3v) is 6.44. The third kappa shape index (κ3) is 3.94. The highest BCUT2D eigenvalue weighted by Crippen LogP contribution is 2.40. The summed E-state index contributed by atoms with van der Waals surface area (Å²) < 4.78 is 19.8. The van der Waals surface area contributed by atoms with Gasteiger partial charge < -0.3 is 14.2 Å². The zero-order valence-corrected chi connectivity index (χ0v) is 17.9. The minimum absolute atomic E-state index is 0.0196. The monoisotopic (exact) mass is 434 g/mol. The first kappa shape index (κ1) is 19.8. The molecular formula is C24H22N2O4S. The van der Waals surface area contributed by atoms with E-state index in [1.165, 1.54) is 19.6 Å². The van der Waals surface area contributed by atoms with Gasteiger partial charge in [-0.3, -0.25) is 0 Å². The molecule has 0 amide bonds. The van der Waals surface area contributed by atoms with Gasteiger partial charge in [0.25, 0.3) is 0 Å². The van der Waals surface area contributed by atoms with E-state index in [0.717, 1.165) is 57.5 Å². The largest absolute Gasteiger partial charge is 0.466 e. The second kappa shape index (κ2) is 8.53. The minimum atomic E-state index is -0.380. The number of aromatic nitrogens is 2. The van der Waals surface area contributed by atoms with E-state index < -0.39 is 0 Å². The number of hydrogen-bond acceptors (Lipinski definition) is 6. The molecular weight excluding hydrogens is 412 g/mol. The van der Waals surface area contributed by atoms with Crippen molar-refractivity contribution in [3.63, 3.8) is 0 Å². The molecule has 31 heavy (non-hydrogen) atoms. The van der Waals surface area contributed by atoms with E-state index in [9.17, 15) is 4.79 Å². The van der Waals surface area contributed by atoms with Crippen molar-refractivity contribution in [2.75, 3.05) is 13.7 Å². The molecule has 0 saturated carbocycles. The van der Waals surface area contributed by atoms with Gasteiger partial charge in [-0.15, -0.1) is 11.3 Å². The summed E-state index contributed by atoms with van der Waals surface area (Å²) in [6.07, 6.45) is 8.34. The summed E-state index contributed by atoms with van der Waals surface area (Å²) in [6, 6.07) is 11.8. The lowest BCUT2D eigenvalue weighted by Gasteiger charge is -2.23. The number of ether oxygens (including phenoxy) is 3. The summed E-state index contributed by atoms with van der Waals surface area (Å²) in [5, 5.41) is 8.84. The van der Waals surface area contributed by atoms with Crippen LogP contribution >= 0.6 is 11.3 Å². The van der Waals surface area contributed by atoms with Crippen LogP contribution in [0.15, 0.2) is 54.1 Å². The van der Waals surface area contributed by atoms with Gasteiger partial charge in [0.2, 0.25) is 0 Å². The Labute approximate surface area is 183 Å². The van der Waals surface area contributed by atoms with Crippen LogP contribution in [0.2, 0.25) is 0 Å². The van der Waals surface area contributed by atoms with Crippen molar-refractivity contribution in [3.05, 3.63) is 59.6 Å². The van der Waals surface area contributed by atoms with Gasteiger partial charge in [0, 0.05) is 33.5 Å². The van der Waals surface area contributed by atoms with Crippen LogP contribution in [0.5, 0.6) is 11.5 Å². The smallest absolute Gasteiger partial charge is 0.330 e. The van der Waals surface area contributed by atoms with E-state index in [2.05, 4.69) is 22.0 Å². The molecule has 6 nitrogen and oxygen atoms in total. The maximum Gasteiger partial charge on any atom is 0.330 e. The van der Waals surface area contributed by atoms with E-state index in [1.54, 1.807) is 17.4 Å². The molecule has 3 heterocycles.